The van der Waals surface area contributed by atoms with E-state index in [1.807, 2.05) is 0 Å². The third kappa shape index (κ3) is 3.01. The number of rotatable bonds is 0. The van der Waals surface area contributed by atoms with Crippen molar-refractivity contribution in [3.63, 3.8) is 0 Å². The molecule has 1 nitrogen and oxygen atoms in total. The van der Waals surface area contributed by atoms with Crippen LogP contribution >= 0.6 is 0 Å². The predicted molar refractivity (Wildman–Crippen MR) is 79.3 cm³/mol. The van der Waals surface area contributed by atoms with Gasteiger partial charge in [0.15, 0.2) is 0 Å². The van der Waals surface area contributed by atoms with E-state index in [2.05, 4.69) is 45.0 Å². The van der Waals surface area contributed by atoms with Crippen LogP contribution in [0.1, 0.15) is 57.1 Å². The van der Waals surface area contributed by atoms with Crippen molar-refractivity contribution >= 4 is 5.57 Å². The van der Waals surface area contributed by atoms with Gasteiger partial charge in [0, 0.05) is 5.75 Å². The summed E-state index contributed by atoms with van der Waals surface area (Å²) in [6.07, 6.45) is 8.56. The number of hydrogen-bond donors (Lipinski definition) is 0. The van der Waals surface area contributed by atoms with Crippen LogP contribution in [0.4, 0.5) is 0 Å². The summed E-state index contributed by atoms with van der Waals surface area (Å²) in [5.74, 6) is 1.86. The van der Waals surface area contributed by atoms with Gasteiger partial charge in [-0.2, -0.15) is 0 Å². The Kier molecular flexibility index (Phi) is 4.74. The average Bonchev–Trinajstić information content (AvgIpc) is 2.54. The smallest absolute Gasteiger partial charge is 0.528 e. The average molecular weight is 356 g/mol. The van der Waals surface area contributed by atoms with Crippen molar-refractivity contribution in [1.82, 2.24) is 0 Å². The normalized spacial score (nSPS) is 28.8. The minimum Gasteiger partial charge on any atom is -0.528 e. The second-order valence-electron chi connectivity index (χ2n) is 6.41. The van der Waals surface area contributed by atoms with Crippen LogP contribution in [0.3, 0.4) is 0 Å². The maximum absolute atomic E-state index is 6.41. The molecule has 0 saturated heterocycles. The van der Waals surface area contributed by atoms with Gasteiger partial charge in [0.25, 0.3) is 0 Å². The third-order valence-corrected chi connectivity index (χ3v) is 4.60. The van der Waals surface area contributed by atoms with Gasteiger partial charge < -0.3 is 4.74 Å². The van der Waals surface area contributed by atoms with Crippen LogP contribution in [0.5, 0.6) is 5.75 Å². The molecule has 0 N–H and O–H groups in total. The van der Waals surface area contributed by atoms with Crippen LogP contribution in [-0.2, 0) is 19.5 Å². The third-order valence-electron chi connectivity index (χ3n) is 4.60. The Hall–Kier alpha value is -0.617. The Balaban J connectivity index is 0.00000147. The van der Waals surface area contributed by atoms with Crippen molar-refractivity contribution in [3.05, 3.63) is 35.4 Å². The summed E-state index contributed by atoms with van der Waals surface area (Å²) in [6.45, 7) is 6.65. The van der Waals surface area contributed by atoms with Crippen LogP contribution in [0.25, 0.3) is 5.57 Å². The fourth-order valence-electron chi connectivity index (χ4n) is 3.43. The van der Waals surface area contributed by atoms with E-state index in [1.54, 1.807) is 0 Å². The summed E-state index contributed by atoms with van der Waals surface area (Å²) in [4.78, 5) is 0. The molecule has 1 radical (unpaired) electrons. The summed E-state index contributed by atoms with van der Waals surface area (Å²) >= 11 is 0. The van der Waals surface area contributed by atoms with Gasteiger partial charge in [0.2, 0.25) is 0 Å². The van der Waals surface area contributed by atoms with Gasteiger partial charge in [-0.15, -0.1) is 34.9 Å². The number of ether oxygens (including phenoxy) is 1. The molecular weight excluding hydrogens is 333 g/mol. The zero-order valence-corrected chi connectivity index (χ0v) is 14.3. The van der Waals surface area contributed by atoms with Crippen molar-refractivity contribution in [1.29, 1.82) is 0 Å². The van der Waals surface area contributed by atoms with Gasteiger partial charge in [0.05, 0.1) is 0 Å². The summed E-state index contributed by atoms with van der Waals surface area (Å²) in [5.41, 5.74) is 3.62. The fourth-order valence-corrected chi connectivity index (χ4v) is 3.43. The number of allylic oxidation sites excluding steroid dienone is 1. The Morgan fingerprint density at radius 1 is 1.20 bits per heavy atom. The van der Waals surface area contributed by atoms with Gasteiger partial charge in [-0.25, -0.2) is 0 Å². The van der Waals surface area contributed by atoms with E-state index in [9.17, 15) is 0 Å². The molecule has 1 saturated carbocycles. The first-order chi connectivity index (χ1) is 9.08. The Morgan fingerprint density at radius 2 is 2.00 bits per heavy atom. The topological polar surface area (TPSA) is 9.23 Å². The zero-order chi connectivity index (χ0) is 13.5. The summed E-state index contributed by atoms with van der Waals surface area (Å²) in [7, 11) is 0. The van der Waals surface area contributed by atoms with Crippen molar-refractivity contribution in [2.45, 2.75) is 58.5 Å². The summed E-state index contributed by atoms with van der Waals surface area (Å²) in [5, 5.41) is 0. The second kappa shape index (κ2) is 6.02. The Bertz CT molecular complexity index is 520. The number of aryl methyl sites for hydroxylation is 1. The standard InChI is InChI=1S/C18H23O.Ru/c1-13-5-4-9-18(10-8-13)12-15(3)16-11-14(2)6-7-17(16)19-18;/h6-7,12-13H,4-5,8-10H2,1-3H3;/q-1;+1. The SMILES string of the molecule is CC1=CC2(CCCC(C)CC2)Oc2ccc(C)[c-]c21.[Ru+]. The fraction of sp³-hybridized carbons (Fsp3) is 0.556. The van der Waals surface area contributed by atoms with E-state index in [4.69, 9.17) is 4.74 Å². The maximum atomic E-state index is 6.41. The largest absolute Gasteiger partial charge is 1.00 e. The first-order valence-electron chi connectivity index (χ1n) is 7.50. The predicted octanol–water partition coefficient (Wildman–Crippen LogP) is 4.93. The van der Waals surface area contributed by atoms with E-state index in [0.717, 1.165) is 30.1 Å². The van der Waals surface area contributed by atoms with E-state index in [-0.39, 0.29) is 25.1 Å². The number of hydrogen-bond acceptors (Lipinski definition) is 1. The van der Waals surface area contributed by atoms with Crippen LogP contribution in [0, 0.1) is 18.9 Å². The molecule has 109 valence electrons. The number of fused-ring (bicyclic) bond motifs is 1. The van der Waals surface area contributed by atoms with Crippen LogP contribution in [0.15, 0.2) is 18.2 Å². The molecule has 2 heteroatoms. The molecule has 1 fully saturated rings. The quantitative estimate of drug-likeness (QED) is 0.473. The molecule has 2 unspecified atom stereocenters. The van der Waals surface area contributed by atoms with Crippen molar-refractivity contribution in [3.8, 4) is 5.75 Å². The second-order valence-corrected chi connectivity index (χ2v) is 6.41. The molecular formula is C18H23ORu. The zero-order valence-electron chi connectivity index (χ0n) is 12.6. The summed E-state index contributed by atoms with van der Waals surface area (Å²) < 4.78 is 6.41. The van der Waals surface area contributed by atoms with Gasteiger partial charge in [0.1, 0.15) is 5.60 Å². The molecule has 1 spiro atoms. The van der Waals surface area contributed by atoms with Crippen LogP contribution in [-0.4, -0.2) is 5.60 Å². The molecule has 1 aliphatic carbocycles. The van der Waals surface area contributed by atoms with Gasteiger partial charge in [-0.1, -0.05) is 33.3 Å². The molecule has 0 aromatic heterocycles. The van der Waals surface area contributed by atoms with Crippen molar-refractivity contribution in [2.24, 2.45) is 5.92 Å². The maximum Gasteiger partial charge on any atom is 1.00 e. The molecule has 1 aliphatic heterocycles. The molecule has 0 amide bonds. The Labute approximate surface area is 135 Å². The Morgan fingerprint density at radius 3 is 2.80 bits per heavy atom. The van der Waals surface area contributed by atoms with E-state index >= 15 is 0 Å². The van der Waals surface area contributed by atoms with Crippen molar-refractivity contribution in [2.75, 3.05) is 0 Å². The molecule has 1 heterocycles. The molecule has 2 aliphatic rings. The van der Waals surface area contributed by atoms with E-state index in [0.29, 0.717) is 0 Å². The monoisotopic (exact) mass is 357 g/mol. The van der Waals surface area contributed by atoms with Crippen LogP contribution < -0.4 is 4.74 Å². The molecule has 2 atom stereocenters. The molecule has 0 bridgehead atoms. The van der Waals surface area contributed by atoms with Gasteiger partial charge >= 0.3 is 19.5 Å². The van der Waals surface area contributed by atoms with Gasteiger partial charge in [-0.05, 0) is 31.6 Å². The first-order valence-corrected chi connectivity index (χ1v) is 7.50. The molecule has 1 aromatic rings. The number of benzene rings is 1. The molecule has 1 aromatic carbocycles. The van der Waals surface area contributed by atoms with E-state index < -0.39 is 0 Å². The minimum atomic E-state index is -0.0507. The van der Waals surface area contributed by atoms with Crippen LogP contribution in [0.2, 0.25) is 0 Å². The minimum absolute atomic E-state index is 0. The van der Waals surface area contributed by atoms with E-state index in [1.165, 1.54) is 30.4 Å². The van der Waals surface area contributed by atoms with Gasteiger partial charge in [-0.3, -0.25) is 0 Å². The first kappa shape index (κ1) is 15.8. The molecule has 20 heavy (non-hydrogen) atoms. The molecule has 3 rings (SSSR count). The van der Waals surface area contributed by atoms with Crippen molar-refractivity contribution < 1.29 is 24.2 Å². The summed E-state index contributed by atoms with van der Waals surface area (Å²) in [6, 6.07) is 7.65.